The fourth-order valence-electron chi connectivity index (χ4n) is 4.51. The molecule has 0 saturated heterocycles. The lowest BCUT2D eigenvalue weighted by Gasteiger charge is -2.25. The third-order valence-corrected chi connectivity index (χ3v) is 6.17. The number of aryl methyl sites for hydroxylation is 1. The molecular formula is C30H40FN5O5. The van der Waals surface area contributed by atoms with Crippen molar-refractivity contribution in [2.75, 3.05) is 36.9 Å². The molecular weight excluding hydrogens is 529 g/mol. The summed E-state index contributed by atoms with van der Waals surface area (Å²) in [6, 6.07) is 2.76. The average molecular weight is 573 g/mol. The maximum Gasteiger partial charge on any atom is 0.414 e. The van der Waals surface area contributed by atoms with E-state index in [2.05, 4.69) is 15.3 Å². The molecule has 10 nitrogen and oxygen atoms in total. The summed E-state index contributed by atoms with van der Waals surface area (Å²) in [7, 11) is 0. The number of pyridine rings is 2. The number of anilines is 3. The van der Waals surface area contributed by atoms with Gasteiger partial charge in [-0.2, -0.15) is 0 Å². The van der Waals surface area contributed by atoms with Crippen LogP contribution in [0.1, 0.15) is 75.4 Å². The zero-order valence-corrected chi connectivity index (χ0v) is 24.7. The van der Waals surface area contributed by atoms with Crippen LogP contribution in [0, 0.1) is 12.7 Å². The van der Waals surface area contributed by atoms with Gasteiger partial charge in [0.25, 0.3) is 0 Å². The van der Waals surface area contributed by atoms with Crippen molar-refractivity contribution in [2.45, 2.75) is 78.9 Å². The van der Waals surface area contributed by atoms with E-state index in [0.29, 0.717) is 60.0 Å². The van der Waals surface area contributed by atoms with Gasteiger partial charge in [0.2, 0.25) is 0 Å². The number of halogens is 1. The van der Waals surface area contributed by atoms with Crippen molar-refractivity contribution in [1.29, 1.82) is 0 Å². The molecule has 11 heteroatoms. The highest BCUT2D eigenvalue weighted by Crippen LogP contribution is 2.40. The summed E-state index contributed by atoms with van der Waals surface area (Å²) >= 11 is 0. The van der Waals surface area contributed by atoms with Crippen molar-refractivity contribution < 1.29 is 32.3 Å². The van der Waals surface area contributed by atoms with E-state index in [9.17, 15) is 9.59 Å². The van der Waals surface area contributed by atoms with Gasteiger partial charge in [0, 0.05) is 42.4 Å². The summed E-state index contributed by atoms with van der Waals surface area (Å²) in [6.07, 6.45) is 1.85. The summed E-state index contributed by atoms with van der Waals surface area (Å²) in [4.78, 5) is 36.6. The van der Waals surface area contributed by atoms with E-state index >= 15 is 4.39 Å². The lowest BCUT2D eigenvalue weighted by molar-refractivity contribution is 0.0273. The van der Waals surface area contributed by atoms with E-state index in [1.807, 2.05) is 0 Å². The molecule has 41 heavy (non-hydrogen) atoms. The summed E-state index contributed by atoms with van der Waals surface area (Å²) in [6.45, 7) is 10.1. The van der Waals surface area contributed by atoms with Crippen LogP contribution in [0.15, 0.2) is 18.2 Å². The van der Waals surface area contributed by atoms with Gasteiger partial charge in [-0.05, 0) is 72.9 Å². The van der Waals surface area contributed by atoms with Crippen LogP contribution < -0.4 is 15.0 Å². The molecule has 0 aliphatic carbocycles. The number of carbonyl (C=O) groups excluding carboxylic acids is 2. The molecule has 4 rings (SSSR count). The maximum atomic E-state index is 16.3. The molecule has 2 amide bonds. The molecule has 0 spiro atoms. The molecule has 222 valence electrons. The Bertz CT molecular complexity index is 1470. The minimum atomic E-state index is -2.87. The van der Waals surface area contributed by atoms with E-state index in [1.54, 1.807) is 59.4 Å². The number of allylic oxidation sites excluding steroid dienone is 1. The number of hydrogen-bond donors (Lipinski definition) is 1. The number of aromatic nitrogens is 2. The molecule has 0 unspecified atom stereocenters. The Morgan fingerprint density at radius 2 is 1.85 bits per heavy atom. The van der Waals surface area contributed by atoms with E-state index in [0.717, 1.165) is 0 Å². The number of rotatable bonds is 4. The van der Waals surface area contributed by atoms with Crippen molar-refractivity contribution in [3.05, 3.63) is 41.0 Å². The van der Waals surface area contributed by atoms with Gasteiger partial charge in [0.05, 0.1) is 23.6 Å². The molecule has 2 aliphatic rings. The Hall–Kier alpha value is -3.89. The molecule has 2 aromatic heterocycles. The van der Waals surface area contributed by atoms with Gasteiger partial charge in [-0.1, -0.05) is 6.08 Å². The molecule has 0 bridgehead atoms. The molecule has 4 heterocycles. The molecule has 1 N–H and O–H groups in total. The van der Waals surface area contributed by atoms with Crippen LogP contribution in [0.2, 0.25) is 0 Å². The second kappa shape index (κ2) is 11.5. The number of nitrogens with zero attached hydrogens (tertiary/aromatic N) is 4. The van der Waals surface area contributed by atoms with Gasteiger partial charge >= 0.3 is 12.2 Å². The van der Waals surface area contributed by atoms with Gasteiger partial charge in [0.1, 0.15) is 17.0 Å². The molecule has 0 fully saturated rings. The average Bonchev–Trinajstić information content (AvgIpc) is 3.16. The highest BCUT2D eigenvalue weighted by Gasteiger charge is 2.30. The Balaban J connectivity index is 1.69. The first-order chi connectivity index (χ1) is 20.3. The quantitative estimate of drug-likeness (QED) is 0.449. The van der Waals surface area contributed by atoms with Gasteiger partial charge in [-0.25, -0.2) is 23.9 Å². The molecule has 0 atom stereocenters. The fraction of sp³-hybridized carbons (Fsp3) is 0.533. The summed E-state index contributed by atoms with van der Waals surface area (Å²) in [5, 5.41) is 2.90. The van der Waals surface area contributed by atoms with Crippen LogP contribution in [0.25, 0.3) is 5.57 Å². The number of fused-ring (bicyclic) bond motifs is 1. The van der Waals surface area contributed by atoms with Crippen LogP contribution in [-0.4, -0.2) is 64.9 Å². The first-order valence-corrected chi connectivity index (χ1v) is 13.6. The van der Waals surface area contributed by atoms with Crippen molar-refractivity contribution >= 4 is 35.1 Å². The highest BCUT2D eigenvalue weighted by molar-refractivity contribution is 5.88. The normalized spacial score (nSPS) is 16.7. The van der Waals surface area contributed by atoms with Gasteiger partial charge in [-0.3, -0.25) is 4.90 Å². The Labute approximate surface area is 245 Å². The van der Waals surface area contributed by atoms with Gasteiger partial charge in [-0.15, -0.1) is 0 Å². The number of ether oxygens (including phenoxy) is 3. The monoisotopic (exact) mass is 572 g/mol. The van der Waals surface area contributed by atoms with E-state index < -0.39 is 36.2 Å². The lowest BCUT2D eigenvalue weighted by atomic mass is 9.99. The minimum Gasteiger partial charge on any atom is -0.491 e. The zero-order chi connectivity index (χ0) is 32.6. The van der Waals surface area contributed by atoms with Gasteiger partial charge < -0.3 is 24.4 Å². The molecule has 0 radical (unpaired) electrons. The topological polar surface area (TPSA) is 106 Å². The lowest BCUT2D eigenvalue weighted by Crippen LogP contribution is -2.37. The van der Waals surface area contributed by atoms with Crippen LogP contribution in [0.4, 0.5) is 31.3 Å². The molecule has 0 saturated carbocycles. The summed E-state index contributed by atoms with van der Waals surface area (Å²) in [5.41, 5.74) is 0.286. The molecule has 0 aromatic carbocycles. The van der Waals surface area contributed by atoms with E-state index in [-0.39, 0.29) is 29.4 Å². The van der Waals surface area contributed by atoms with Crippen molar-refractivity contribution in [3.8, 4) is 5.75 Å². The maximum absolute atomic E-state index is 16.3. The second-order valence-electron chi connectivity index (χ2n) is 12.1. The molecule has 2 aromatic rings. The van der Waals surface area contributed by atoms with Gasteiger partial charge in [0.15, 0.2) is 17.4 Å². The first-order valence-electron chi connectivity index (χ1n) is 15.1. The van der Waals surface area contributed by atoms with Crippen molar-refractivity contribution in [3.63, 3.8) is 0 Å². The van der Waals surface area contributed by atoms with Crippen LogP contribution in [-0.2, 0) is 15.9 Å². The minimum absolute atomic E-state index is 0.00640. The SMILES string of the molecule is [2H]C([2H])([2H])N(C(=O)OC(C)(C)C)c1cc(C)nc(Nc2nc3c(c(C4=CCN(C(=O)OC(C)(C)C)CCC4)c2F)OCC3)c1. The number of hydrogen-bond acceptors (Lipinski definition) is 8. The number of amides is 2. The van der Waals surface area contributed by atoms with E-state index in [1.165, 1.54) is 12.1 Å². The van der Waals surface area contributed by atoms with Crippen LogP contribution >= 0.6 is 0 Å². The second-order valence-corrected chi connectivity index (χ2v) is 12.1. The predicted molar refractivity (Wildman–Crippen MR) is 155 cm³/mol. The third-order valence-electron chi connectivity index (χ3n) is 6.17. The molecule has 2 aliphatic heterocycles. The smallest absolute Gasteiger partial charge is 0.414 e. The largest absolute Gasteiger partial charge is 0.491 e. The standard InChI is InChI=1S/C30H40FN5O5/c1-18-16-20(35(8)27(37)40-29(2,3)4)17-22(32-18)34-26-24(31)23(25-21(33-26)12-15-39-25)19-10-9-13-36(14-11-19)28(38)41-30(5,6)7/h11,16-17H,9-10,12-15H2,1-8H3,(H,32,33,34)/i8D3. The number of nitrogens with one attached hydrogen (secondary N) is 1. The summed E-state index contributed by atoms with van der Waals surface area (Å²) < 4.78 is 56.9. The fourth-order valence-corrected chi connectivity index (χ4v) is 4.51. The number of carbonyl (C=O) groups is 2. The Morgan fingerprint density at radius 1 is 1.12 bits per heavy atom. The van der Waals surface area contributed by atoms with Crippen molar-refractivity contribution in [2.24, 2.45) is 0 Å². The Morgan fingerprint density at radius 3 is 2.54 bits per heavy atom. The third kappa shape index (κ3) is 7.45. The van der Waals surface area contributed by atoms with Crippen LogP contribution in [0.5, 0.6) is 5.75 Å². The predicted octanol–water partition coefficient (Wildman–Crippen LogP) is 6.39. The summed E-state index contributed by atoms with van der Waals surface area (Å²) in [5.74, 6) is -0.353. The highest BCUT2D eigenvalue weighted by atomic mass is 19.1. The Kier molecular flexibility index (Phi) is 7.33. The first kappa shape index (κ1) is 26.0. The van der Waals surface area contributed by atoms with Crippen molar-refractivity contribution in [1.82, 2.24) is 14.9 Å². The van der Waals surface area contributed by atoms with Crippen LogP contribution in [0.3, 0.4) is 0 Å². The van der Waals surface area contributed by atoms with E-state index in [4.69, 9.17) is 18.3 Å². The zero-order valence-electron chi connectivity index (χ0n) is 27.7.